The van der Waals surface area contributed by atoms with Gasteiger partial charge < -0.3 is 0 Å². The zero-order valence-electron chi connectivity index (χ0n) is 17.4. The molecule has 0 spiro atoms. The second-order valence-corrected chi connectivity index (χ2v) is 26.9. The third-order valence-electron chi connectivity index (χ3n) is 7.67. The molecular weight excluding hydrogens is 435 g/mol. The third kappa shape index (κ3) is 3.15. The molecule has 0 fully saturated rings. The van der Waals surface area contributed by atoms with Crippen molar-refractivity contribution < 1.29 is 14.0 Å². The molecule has 4 heteroatoms. The second kappa shape index (κ2) is 8.28. The summed E-state index contributed by atoms with van der Waals surface area (Å²) >= 11 is -3.01. The van der Waals surface area contributed by atoms with Crippen LogP contribution in [0.15, 0.2) is 59.7 Å². The van der Waals surface area contributed by atoms with E-state index in [-0.39, 0.29) is 24.8 Å². The quantitative estimate of drug-likeness (QED) is 0.415. The molecule has 0 amide bonds. The fraction of sp³-hybridized carbons (Fsp3) is 0.333. The summed E-state index contributed by atoms with van der Waals surface area (Å²) in [6.07, 6.45) is 4.95. The van der Waals surface area contributed by atoms with Gasteiger partial charge in [0.25, 0.3) is 0 Å². The van der Waals surface area contributed by atoms with Gasteiger partial charge in [-0.2, -0.15) is 0 Å². The SMILES string of the molecule is C[CH2][Ti](=[SiH2])([CH2]C)([CH]1C(C)=Cc2ccccc21)[CH]1C(C)=Cc2ccccc21.Cl.Cl. The fourth-order valence-electron chi connectivity index (χ4n) is 6.26. The maximum absolute atomic E-state index is 3.01. The Hall–Kier alpha value is -0.569. The van der Waals surface area contributed by atoms with E-state index in [9.17, 15) is 0 Å². The van der Waals surface area contributed by atoms with Crippen LogP contribution < -0.4 is 0 Å². The molecule has 2 aromatic carbocycles. The monoisotopic (exact) mass is 466 g/mol. The van der Waals surface area contributed by atoms with Crippen molar-refractivity contribution in [1.29, 1.82) is 0 Å². The van der Waals surface area contributed by atoms with Crippen LogP contribution in [-0.2, 0) is 14.0 Å². The minimum atomic E-state index is -3.01. The third-order valence-corrected chi connectivity index (χ3v) is 28.1. The minimum Gasteiger partial charge on any atom is -0.147 e. The van der Waals surface area contributed by atoms with E-state index in [0.29, 0.717) is 8.45 Å². The Morgan fingerprint density at radius 2 is 1.07 bits per heavy atom. The molecule has 0 aromatic heterocycles. The van der Waals surface area contributed by atoms with E-state index < -0.39 is 14.0 Å². The van der Waals surface area contributed by atoms with Crippen LogP contribution in [0.1, 0.15) is 58.4 Å². The van der Waals surface area contributed by atoms with Crippen molar-refractivity contribution in [2.24, 2.45) is 0 Å². The first kappa shape index (κ1) is 23.7. The summed E-state index contributed by atoms with van der Waals surface area (Å²) in [5.41, 5.74) is 9.37. The van der Waals surface area contributed by atoms with Crippen molar-refractivity contribution in [2.45, 2.75) is 45.6 Å². The standard InChI is InChI=1S/2C10H9.2C2H5.2ClH.H2Si.Ti/c2*1-8-6-9-4-2-3-5-10(9)7-8;2*1-2;;;;/h2*2-7H,1H3;2*1H2,2H3;2*1H;1H2;. The molecule has 0 bridgehead atoms. The predicted molar refractivity (Wildman–Crippen MR) is 130 cm³/mol. The smallest absolute Gasteiger partial charge is 0.147 e. The number of benzene rings is 2. The Morgan fingerprint density at radius 3 is 1.43 bits per heavy atom. The van der Waals surface area contributed by atoms with Crippen molar-refractivity contribution >= 4 is 44.6 Å². The maximum atomic E-state index is 2.50. The number of halogens is 2. The van der Waals surface area contributed by atoms with Gasteiger partial charge >= 0.3 is 161 Å². The number of rotatable bonds is 4. The first-order valence-electron chi connectivity index (χ1n) is 10.0. The van der Waals surface area contributed by atoms with E-state index in [4.69, 9.17) is 0 Å². The molecule has 28 heavy (non-hydrogen) atoms. The summed E-state index contributed by atoms with van der Waals surface area (Å²) < 4.78 is 4.05. The molecule has 2 aromatic rings. The number of hydrogen-bond acceptors (Lipinski definition) is 0. The Kier molecular flexibility index (Phi) is 7.01. The molecule has 0 heterocycles. The summed E-state index contributed by atoms with van der Waals surface area (Å²) in [5.74, 6) is 0. The molecule has 0 aliphatic heterocycles. The fourth-order valence-corrected chi connectivity index (χ4v) is 22.1. The van der Waals surface area contributed by atoms with Gasteiger partial charge in [0, 0.05) is 0 Å². The minimum absolute atomic E-state index is 0. The summed E-state index contributed by atoms with van der Waals surface area (Å²) in [5, 5.41) is 0. The van der Waals surface area contributed by atoms with Gasteiger partial charge in [-0.25, -0.2) is 0 Å². The molecule has 2 unspecified atom stereocenters. The van der Waals surface area contributed by atoms with E-state index in [2.05, 4.69) is 96.0 Å². The van der Waals surface area contributed by atoms with Crippen LogP contribution in [-0.4, -0.2) is 7.63 Å². The number of allylic oxidation sites excluding steroid dienone is 2. The Labute approximate surface area is 185 Å². The molecular formula is C24H32Cl2SiTi. The molecule has 0 N–H and O–H groups in total. The van der Waals surface area contributed by atoms with Gasteiger partial charge in [0.15, 0.2) is 0 Å². The molecule has 150 valence electrons. The van der Waals surface area contributed by atoms with E-state index >= 15 is 0 Å². The molecule has 0 radical (unpaired) electrons. The second-order valence-electron chi connectivity index (χ2n) is 8.75. The summed E-state index contributed by atoms with van der Waals surface area (Å²) in [7, 11) is 2.49. The predicted octanol–water partition coefficient (Wildman–Crippen LogP) is 7.26. The summed E-state index contributed by atoms with van der Waals surface area (Å²) in [6, 6.07) is 18.3. The van der Waals surface area contributed by atoms with Crippen molar-refractivity contribution in [3.8, 4) is 0 Å². The van der Waals surface area contributed by atoms with Gasteiger partial charge in [-0.1, -0.05) is 0 Å². The zero-order valence-corrected chi connectivity index (χ0v) is 22.0. The zero-order chi connectivity index (χ0) is 18.6. The van der Waals surface area contributed by atoms with Crippen molar-refractivity contribution in [2.75, 3.05) is 0 Å². The Morgan fingerprint density at radius 1 is 0.714 bits per heavy atom. The van der Waals surface area contributed by atoms with Crippen molar-refractivity contribution in [1.82, 2.24) is 0 Å². The molecule has 0 saturated carbocycles. The van der Waals surface area contributed by atoms with Crippen LogP contribution in [0.4, 0.5) is 0 Å². The summed E-state index contributed by atoms with van der Waals surface area (Å²) in [6.45, 7) is 9.78. The molecule has 0 nitrogen and oxygen atoms in total. The molecule has 2 aliphatic carbocycles. The van der Waals surface area contributed by atoms with Gasteiger partial charge in [0.2, 0.25) is 0 Å². The molecule has 2 aliphatic rings. The number of hydrogen-bond donors (Lipinski definition) is 0. The first-order valence-corrected chi connectivity index (χ1v) is 18.0. The van der Waals surface area contributed by atoms with Crippen molar-refractivity contribution in [3.05, 3.63) is 81.9 Å². The maximum Gasteiger partial charge on any atom is -0.147 e. The Balaban J connectivity index is 0.00000140. The van der Waals surface area contributed by atoms with Crippen LogP contribution in [0.5, 0.6) is 0 Å². The Bertz CT molecular complexity index is 937. The van der Waals surface area contributed by atoms with Gasteiger partial charge in [0.1, 0.15) is 0 Å². The van der Waals surface area contributed by atoms with Gasteiger partial charge in [0.05, 0.1) is 0 Å². The normalized spacial score (nSPS) is 20.3. The average molecular weight is 467 g/mol. The van der Waals surface area contributed by atoms with E-state index in [1.54, 1.807) is 22.3 Å². The number of fused-ring (bicyclic) bond motifs is 2. The summed E-state index contributed by atoms with van der Waals surface area (Å²) in [4.78, 5) is 0. The van der Waals surface area contributed by atoms with E-state index in [0.717, 1.165) is 0 Å². The molecule has 2 atom stereocenters. The van der Waals surface area contributed by atoms with E-state index in [1.165, 1.54) is 20.6 Å². The van der Waals surface area contributed by atoms with E-state index in [1.807, 2.05) is 0 Å². The van der Waals surface area contributed by atoms with Gasteiger partial charge in [-0.15, -0.1) is 24.8 Å². The van der Waals surface area contributed by atoms with Gasteiger partial charge in [-0.05, 0) is 0 Å². The largest absolute Gasteiger partial charge is 0.147 e. The van der Waals surface area contributed by atoms with Crippen LogP contribution in [0.3, 0.4) is 0 Å². The average Bonchev–Trinajstić information content (AvgIpc) is 3.17. The van der Waals surface area contributed by atoms with Crippen LogP contribution in [0.2, 0.25) is 9.45 Å². The first-order chi connectivity index (χ1) is 12.4. The van der Waals surface area contributed by atoms with Crippen LogP contribution in [0, 0.1) is 0 Å². The van der Waals surface area contributed by atoms with Crippen molar-refractivity contribution in [3.63, 3.8) is 0 Å². The topological polar surface area (TPSA) is 0 Å². The van der Waals surface area contributed by atoms with Crippen LogP contribution >= 0.6 is 24.8 Å². The van der Waals surface area contributed by atoms with Gasteiger partial charge in [-0.3, -0.25) is 0 Å². The van der Waals surface area contributed by atoms with Crippen LogP contribution in [0.25, 0.3) is 12.2 Å². The molecule has 0 saturated heterocycles. The molecule has 4 rings (SSSR count).